The van der Waals surface area contributed by atoms with Crippen molar-refractivity contribution in [2.45, 2.75) is 56.1 Å². The molecule has 0 radical (unpaired) electrons. The average molecular weight is 217 g/mol. The fourth-order valence-corrected chi connectivity index (χ4v) is 3.40. The first-order chi connectivity index (χ1) is 6.77. The second-order valence-corrected chi connectivity index (χ2v) is 5.84. The van der Waals surface area contributed by atoms with Crippen LogP contribution in [-0.4, -0.2) is 34.8 Å². The minimum Gasteiger partial charge on any atom is -0.395 e. The lowest BCUT2D eigenvalue weighted by atomic mass is 10.2. The van der Waals surface area contributed by atoms with Crippen molar-refractivity contribution >= 4 is 11.8 Å². The maximum Gasteiger partial charge on any atom is 0.0547 e. The number of rotatable bonds is 6. The van der Waals surface area contributed by atoms with Gasteiger partial charge in [0.25, 0.3) is 0 Å². The number of aliphatic hydroxyl groups excluding tert-OH is 1. The molecule has 0 amide bonds. The van der Waals surface area contributed by atoms with Crippen molar-refractivity contribution < 1.29 is 5.11 Å². The summed E-state index contributed by atoms with van der Waals surface area (Å²) in [6, 6.07) is 0.689. The third-order valence-corrected chi connectivity index (χ3v) is 4.30. The van der Waals surface area contributed by atoms with Crippen LogP contribution in [0.4, 0.5) is 0 Å². The zero-order chi connectivity index (χ0) is 10.4. The zero-order valence-corrected chi connectivity index (χ0v) is 10.1. The summed E-state index contributed by atoms with van der Waals surface area (Å²) < 4.78 is 0. The van der Waals surface area contributed by atoms with Crippen LogP contribution in [0.3, 0.4) is 0 Å². The molecular weight excluding hydrogens is 194 g/mol. The molecule has 14 heavy (non-hydrogen) atoms. The van der Waals surface area contributed by atoms with Crippen molar-refractivity contribution in [3.8, 4) is 0 Å². The Morgan fingerprint density at radius 1 is 1.50 bits per heavy atom. The number of nitrogens with one attached hydrogen (secondary N) is 1. The molecule has 3 unspecified atom stereocenters. The summed E-state index contributed by atoms with van der Waals surface area (Å²) >= 11 is 1.95. The molecule has 0 saturated heterocycles. The van der Waals surface area contributed by atoms with Gasteiger partial charge in [0.2, 0.25) is 0 Å². The van der Waals surface area contributed by atoms with Crippen LogP contribution in [0.2, 0.25) is 0 Å². The Kier molecular flexibility index (Phi) is 5.90. The van der Waals surface area contributed by atoms with E-state index in [1.54, 1.807) is 0 Å². The molecule has 0 bridgehead atoms. The first kappa shape index (κ1) is 12.3. The van der Waals surface area contributed by atoms with Crippen molar-refractivity contribution in [1.82, 2.24) is 5.32 Å². The summed E-state index contributed by atoms with van der Waals surface area (Å²) in [7, 11) is 0. The molecule has 2 nitrogen and oxygen atoms in total. The summed E-state index contributed by atoms with van der Waals surface area (Å²) in [6.45, 7) is 5.76. The van der Waals surface area contributed by atoms with E-state index in [1.165, 1.54) is 25.7 Å². The van der Waals surface area contributed by atoms with Gasteiger partial charge in [0.1, 0.15) is 0 Å². The van der Waals surface area contributed by atoms with E-state index in [0.29, 0.717) is 17.9 Å². The highest BCUT2D eigenvalue weighted by atomic mass is 32.2. The van der Waals surface area contributed by atoms with E-state index in [9.17, 15) is 0 Å². The molecule has 0 spiro atoms. The molecule has 1 saturated carbocycles. The highest BCUT2D eigenvalue weighted by Crippen LogP contribution is 2.32. The predicted molar refractivity (Wildman–Crippen MR) is 63.9 cm³/mol. The molecule has 2 N–H and O–H groups in total. The summed E-state index contributed by atoms with van der Waals surface area (Å²) in [4.78, 5) is 0. The summed E-state index contributed by atoms with van der Waals surface area (Å²) in [5.41, 5.74) is 0. The van der Waals surface area contributed by atoms with E-state index in [4.69, 9.17) is 5.11 Å². The van der Waals surface area contributed by atoms with Crippen LogP contribution in [0.5, 0.6) is 0 Å². The third kappa shape index (κ3) is 3.79. The fraction of sp³-hybridized carbons (Fsp3) is 1.00. The van der Waals surface area contributed by atoms with Gasteiger partial charge in [0, 0.05) is 16.5 Å². The smallest absolute Gasteiger partial charge is 0.0547 e. The quantitative estimate of drug-likeness (QED) is 0.714. The highest BCUT2D eigenvalue weighted by Gasteiger charge is 2.28. The monoisotopic (exact) mass is 217 g/mol. The van der Waals surface area contributed by atoms with Crippen LogP contribution in [0.15, 0.2) is 0 Å². The molecule has 1 aliphatic rings. The van der Waals surface area contributed by atoms with E-state index in [1.807, 2.05) is 11.8 Å². The van der Waals surface area contributed by atoms with Gasteiger partial charge in [-0.1, -0.05) is 20.3 Å². The van der Waals surface area contributed by atoms with Crippen molar-refractivity contribution in [2.75, 3.05) is 13.2 Å². The Hall–Kier alpha value is 0.270. The largest absolute Gasteiger partial charge is 0.395 e. The standard InChI is InChI=1S/C11H23NOS/c1-3-7-12-10-5-4-6-11(10)14-9(2)8-13/h9-13H,3-8H2,1-2H3. The molecular formula is C11H23NOS. The van der Waals surface area contributed by atoms with Gasteiger partial charge in [-0.2, -0.15) is 11.8 Å². The molecule has 1 rings (SSSR count). The molecule has 0 aliphatic heterocycles. The maximum atomic E-state index is 9.02. The highest BCUT2D eigenvalue weighted by molar-refractivity contribution is 8.00. The zero-order valence-electron chi connectivity index (χ0n) is 9.33. The Morgan fingerprint density at radius 2 is 2.29 bits per heavy atom. The van der Waals surface area contributed by atoms with Gasteiger partial charge in [0.05, 0.1) is 6.61 Å². The Bertz CT molecular complexity index is 154. The molecule has 3 heteroatoms. The predicted octanol–water partition coefficient (Wildman–Crippen LogP) is 2.02. The molecule has 0 aromatic heterocycles. The van der Waals surface area contributed by atoms with Crippen LogP contribution >= 0.6 is 11.8 Å². The van der Waals surface area contributed by atoms with Gasteiger partial charge in [-0.05, 0) is 25.8 Å². The Morgan fingerprint density at radius 3 is 2.93 bits per heavy atom. The first-order valence-electron chi connectivity index (χ1n) is 5.77. The summed E-state index contributed by atoms with van der Waals surface area (Å²) in [5.74, 6) is 0. The fourth-order valence-electron chi connectivity index (χ4n) is 1.99. The van der Waals surface area contributed by atoms with Gasteiger partial charge in [-0.3, -0.25) is 0 Å². The summed E-state index contributed by atoms with van der Waals surface area (Å²) in [6.07, 6.45) is 5.19. The summed E-state index contributed by atoms with van der Waals surface area (Å²) in [5, 5.41) is 13.7. The molecule has 1 fully saturated rings. The van der Waals surface area contributed by atoms with Crippen LogP contribution in [-0.2, 0) is 0 Å². The van der Waals surface area contributed by atoms with Crippen molar-refractivity contribution in [3.63, 3.8) is 0 Å². The van der Waals surface area contributed by atoms with E-state index in [2.05, 4.69) is 19.2 Å². The van der Waals surface area contributed by atoms with Crippen LogP contribution in [0.1, 0.15) is 39.5 Å². The second kappa shape index (κ2) is 6.70. The number of hydrogen-bond acceptors (Lipinski definition) is 3. The third-order valence-electron chi connectivity index (χ3n) is 2.77. The molecule has 0 aromatic carbocycles. The topological polar surface area (TPSA) is 32.3 Å². The van der Waals surface area contributed by atoms with Gasteiger partial charge < -0.3 is 10.4 Å². The minimum absolute atomic E-state index is 0.307. The van der Waals surface area contributed by atoms with Gasteiger partial charge in [-0.15, -0.1) is 0 Å². The SMILES string of the molecule is CCCNC1CCCC1SC(C)CO. The number of thioether (sulfide) groups is 1. The number of hydrogen-bond donors (Lipinski definition) is 2. The van der Waals surface area contributed by atoms with Crippen LogP contribution in [0, 0.1) is 0 Å². The lowest BCUT2D eigenvalue weighted by Gasteiger charge is -2.22. The molecule has 0 aromatic rings. The Labute approximate surface area is 91.9 Å². The van der Waals surface area contributed by atoms with Crippen LogP contribution < -0.4 is 5.32 Å². The van der Waals surface area contributed by atoms with Gasteiger partial charge in [-0.25, -0.2) is 0 Å². The molecule has 1 aliphatic carbocycles. The van der Waals surface area contributed by atoms with Gasteiger partial charge in [0.15, 0.2) is 0 Å². The van der Waals surface area contributed by atoms with Crippen LogP contribution in [0.25, 0.3) is 0 Å². The average Bonchev–Trinajstić information content (AvgIpc) is 2.62. The maximum absolute atomic E-state index is 9.02. The van der Waals surface area contributed by atoms with E-state index >= 15 is 0 Å². The van der Waals surface area contributed by atoms with Crippen molar-refractivity contribution in [2.24, 2.45) is 0 Å². The van der Waals surface area contributed by atoms with Crippen molar-refractivity contribution in [1.29, 1.82) is 0 Å². The molecule has 0 heterocycles. The van der Waals surface area contributed by atoms with E-state index in [-0.39, 0.29) is 0 Å². The molecule has 84 valence electrons. The Balaban J connectivity index is 2.27. The molecule has 3 atom stereocenters. The minimum atomic E-state index is 0.307. The van der Waals surface area contributed by atoms with Crippen molar-refractivity contribution in [3.05, 3.63) is 0 Å². The van der Waals surface area contributed by atoms with Gasteiger partial charge >= 0.3 is 0 Å². The normalized spacial score (nSPS) is 29.4. The number of aliphatic hydroxyl groups is 1. The first-order valence-corrected chi connectivity index (χ1v) is 6.72. The lowest BCUT2D eigenvalue weighted by Crippen LogP contribution is -2.35. The van der Waals surface area contributed by atoms with E-state index in [0.717, 1.165) is 11.8 Å². The second-order valence-electron chi connectivity index (χ2n) is 4.16. The lowest BCUT2D eigenvalue weighted by molar-refractivity contribution is 0.299. The van der Waals surface area contributed by atoms with E-state index < -0.39 is 0 Å².